The number of aromatic nitrogens is 2. The zero-order chi connectivity index (χ0) is 16.1. The summed E-state index contributed by atoms with van der Waals surface area (Å²) in [5.41, 5.74) is 2.26. The first-order valence-corrected chi connectivity index (χ1v) is 7.06. The van der Waals surface area contributed by atoms with Crippen LogP contribution in [0.3, 0.4) is 0 Å². The highest BCUT2D eigenvalue weighted by Gasteiger charge is 2.16. The van der Waals surface area contributed by atoms with E-state index in [1.807, 2.05) is 31.2 Å². The Kier molecular flexibility index (Phi) is 5.25. The van der Waals surface area contributed by atoms with Crippen LogP contribution < -0.4 is 0 Å². The fourth-order valence-electron chi connectivity index (χ4n) is 2.14. The highest BCUT2D eigenvalue weighted by molar-refractivity contribution is 5.76. The molecule has 1 heterocycles. The minimum absolute atomic E-state index is 0.0735. The Balaban J connectivity index is 1.89. The van der Waals surface area contributed by atoms with Gasteiger partial charge in [-0.2, -0.15) is 8.78 Å². The molecular weight excluding hydrogens is 288 g/mol. The summed E-state index contributed by atoms with van der Waals surface area (Å²) in [4.78, 5) is 17.4. The number of hydrogen-bond donors (Lipinski definition) is 0. The third kappa shape index (κ3) is 4.13. The second kappa shape index (κ2) is 7.15. The molecule has 0 unspecified atom stereocenters. The van der Waals surface area contributed by atoms with E-state index in [4.69, 9.17) is 0 Å². The lowest BCUT2D eigenvalue weighted by atomic mass is 10.1. The van der Waals surface area contributed by atoms with Gasteiger partial charge in [-0.15, -0.1) is 0 Å². The number of benzene rings is 1. The Hall–Kier alpha value is -2.24. The first-order valence-electron chi connectivity index (χ1n) is 7.06. The predicted molar refractivity (Wildman–Crippen MR) is 79.5 cm³/mol. The minimum Gasteiger partial charge on any atom is -0.338 e. The molecule has 1 aromatic heterocycles. The van der Waals surface area contributed by atoms with Crippen molar-refractivity contribution in [2.75, 3.05) is 7.05 Å². The molecule has 0 aliphatic carbocycles. The van der Waals surface area contributed by atoms with Crippen molar-refractivity contribution < 1.29 is 13.6 Å². The van der Waals surface area contributed by atoms with E-state index in [9.17, 15) is 13.6 Å². The smallest absolute Gasteiger partial charge is 0.319 e. The van der Waals surface area contributed by atoms with Gasteiger partial charge < -0.3 is 4.90 Å². The van der Waals surface area contributed by atoms with Gasteiger partial charge >= 0.3 is 6.55 Å². The number of rotatable bonds is 6. The molecule has 2 aromatic rings. The fourth-order valence-corrected chi connectivity index (χ4v) is 2.14. The number of halogens is 2. The summed E-state index contributed by atoms with van der Waals surface area (Å²) in [7, 11) is 1.60. The highest BCUT2D eigenvalue weighted by Crippen LogP contribution is 2.14. The zero-order valence-electron chi connectivity index (χ0n) is 12.7. The van der Waals surface area contributed by atoms with E-state index in [0.717, 1.165) is 10.1 Å². The van der Waals surface area contributed by atoms with Crippen molar-refractivity contribution in [3.63, 3.8) is 0 Å². The largest absolute Gasteiger partial charge is 0.338 e. The van der Waals surface area contributed by atoms with E-state index in [2.05, 4.69) is 4.98 Å². The van der Waals surface area contributed by atoms with Crippen molar-refractivity contribution in [2.24, 2.45) is 0 Å². The van der Waals surface area contributed by atoms with Gasteiger partial charge in [-0.25, -0.2) is 4.98 Å². The van der Waals surface area contributed by atoms with Crippen molar-refractivity contribution in [3.05, 3.63) is 53.6 Å². The topological polar surface area (TPSA) is 38.1 Å². The Labute approximate surface area is 128 Å². The lowest BCUT2D eigenvalue weighted by molar-refractivity contribution is -0.130. The molecule has 118 valence electrons. The van der Waals surface area contributed by atoms with Gasteiger partial charge in [-0.05, 0) is 18.9 Å². The summed E-state index contributed by atoms with van der Waals surface area (Å²) in [6, 6.07) is 7.99. The van der Waals surface area contributed by atoms with Crippen LogP contribution in [0.5, 0.6) is 0 Å². The monoisotopic (exact) mass is 307 g/mol. The fraction of sp³-hybridized carbons (Fsp3) is 0.375. The van der Waals surface area contributed by atoms with Crippen molar-refractivity contribution in [1.29, 1.82) is 0 Å². The van der Waals surface area contributed by atoms with Gasteiger partial charge in [0.05, 0.1) is 6.54 Å². The summed E-state index contributed by atoms with van der Waals surface area (Å²) in [5, 5.41) is 0. The predicted octanol–water partition coefficient (Wildman–Crippen LogP) is 3.18. The molecule has 1 amide bonds. The Morgan fingerprint density at radius 1 is 1.32 bits per heavy atom. The standard InChI is InChI=1S/C16H19F2N3O/c1-12-3-5-13(6-4-12)7-8-15(22)20(2)11-14-19-9-10-21(14)16(17)18/h3-6,9-10,16H,7-8,11H2,1-2H3. The first-order chi connectivity index (χ1) is 10.5. The number of carbonyl (C=O) groups excluding carboxylic acids is 1. The maximum absolute atomic E-state index is 12.7. The van der Waals surface area contributed by atoms with Crippen LogP contribution in [-0.2, 0) is 17.8 Å². The lowest BCUT2D eigenvalue weighted by Crippen LogP contribution is -2.28. The lowest BCUT2D eigenvalue weighted by Gasteiger charge is -2.17. The molecule has 2 rings (SSSR count). The number of aryl methyl sites for hydroxylation is 2. The third-order valence-electron chi connectivity index (χ3n) is 3.51. The first kappa shape index (κ1) is 16.1. The summed E-state index contributed by atoms with van der Waals surface area (Å²) >= 11 is 0. The molecule has 4 nitrogen and oxygen atoms in total. The van der Waals surface area contributed by atoms with Crippen LogP contribution >= 0.6 is 0 Å². The summed E-state index contributed by atoms with van der Waals surface area (Å²) < 4.78 is 26.2. The second-order valence-electron chi connectivity index (χ2n) is 5.26. The van der Waals surface area contributed by atoms with Crippen LogP contribution in [-0.4, -0.2) is 27.4 Å². The molecule has 0 saturated carbocycles. The quantitative estimate of drug-likeness (QED) is 0.822. The molecule has 0 bridgehead atoms. The maximum atomic E-state index is 12.7. The Morgan fingerprint density at radius 3 is 2.64 bits per heavy atom. The van der Waals surface area contributed by atoms with Gasteiger partial charge in [0.2, 0.25) is 5.91 Å². The molecule has 0 aliphatic rings. The highest BCUT2D eigenvalue weighted by atomic mass is 19.3. The van der Waals surface area contributed by atoms with Crippen molar-refractivity contribution in [1.82, 2.24) is 14.5 Å². The molecule has 0 spiro atoms. The average Bonchev–Trinajstić information content (AvgIpc) is 2.94. The zero-order valence-corrected chi connectivity index (χ0v) is 12.7. The van der Waals surface area contributed by atoms with Gasteiger partial charge in [0.15, 0.2) is 0 Å². The van der Waals surface area contributed by atoms with Crippen LogP contribution in [0.4, 0.5) is 8.78 Å². The maximum Gasteiger partial charge on any atom is 0.319 e. The van der Waals surface area contributed by atoms with Gasteiger partial charge in [0, 0.05) is 25.9 Å². The molecule has 1 aromatic carbocycles. The molecule has 0 radical (unpaired) electrons. The number of carbonyl (C=O) groups is 1. The van der Waals surface area contributed by atoms with Crippen LogP contribution in [0.2, 0.25) is 0 Å². The normalized spacial score (nSPS) is 11.0. The molecule has 0 atom stereocenters. The van der Waals surface area contributed by atoms with Crippen LogP contribution in [0, 0.1) is 6.92 Å². The van der Waals surface area contributed by atoms with Gasteiger partial charge in [0.1, 0.15) is 5.82 Å². The number of nitrogens with zero attached hydrogens (tertiary/aromatic N) is 3. The molecular formula is C16H19F2N3O. The molecule has 0 saturated heterocycles. The summed E-state index contributed by atoms with van der Waals surface area (Å²) in [5.74, 6) is 0.0885. The molecule has 0 N–H and O–H groups in total. The van der Waals surface area contributed by atoms with Gasteiger partial charge in [-0.3, -0.25) is 9.36 Å². The average molecular weight is 307 g/mol. The van der Waals surface area contributed by atoms with Gasteiger partial charge in [-0.1, -0.05) is 29.8 Å². The summed E-state index contributed by atoms with van der Waals surface area (Å²) in [6.45, 7) is -0.564. The van der Waals surface area contributed by atoms with E-state index < -0.39 is 6.55 Å². The molecule has 0 fully saturated rings. The minimum atomic E-state index is -2.64. The van der Waals surface area contributed by atoms with E-state index in [1.54, 1.807) is 7.05 Å². The van der Waals surface area contributed by atoms with E-state index in [1.165, 1.54) is 22.9 Å². The van der Waals surface area contributed by atoms with E-state index in [0.29, 0.717) is 12.8 Å². The number of hydrogen-bond acceptors (Lipinski definition) is 2. The molecule has 22 heavy (non-hydrogen) atoms. The van der Waals surface area contributed by atoms with Crippen molar-refractivity contribution >= 4 is 5.91 Å². The van der Waals surface area contributed by atoms with Crippen LogP contribution in [0.15, 0.2) is 36.7 Å². The number of imidazole rings is 1. The number of amides is 1. The van der Waals surface area contributed by atoms with Crippen molar-refractivity contribution in [2.45, 2.75) is 32.9 Å². The summed E-state index contributed by atoms with van der Waals surface area (Å²) in [6.07, 6.45) is 3.50. The van der Waals surface area contributed by atoms with Gasteiger partial charge in [0.25, 0.3) is 0 Å². The Bertz CT molecular complexity index is 623. The van der Waals surface area contributed by atoms with E-state index in [-0.39, 0.29) is 18.3 Å². The van der Waals surface area contributed by atoms with Crippen LogP contribution in [0.1, 0.15) is 29.9 Å². The molecule has 6 heteroatoms. The van der Waals surface area contributed by atoms with E-state index >= 15 is 0 Å². The SMILES string of the molecule is Cc1ccc(CCC(=O)N(C)Cc2nccn2C(F)F)cc1. The van der Waals surface area contributed by atoms with Crippen LogP contribution in [0.25, 0.3) is 0 Å². The number of alkyl halides is 2. The van der Waals surface area contributed by atoms with Crippen molar-refractivity contribution in [3.8, 4) is 0 Å². The third-order valence-corrected chi connectivity index (χ3v) is 3.51. The molecule has 0 aliphatic heterocycles. The Morgan fingerprint density at radius 2 is 2.00 bits per heavy atom. The second-order valence-corrected chi connectivity index (χ2v) is 5.26.